The Balaban J connectivity index is 1.63. The zero-order chi connectivity index (χ0) is 24.7. The van der Waals surface area contributed by atoms with Crippen molar-refractivity contribution in [1.82, 2.24) is 5.32 Å². The van der Waals surface area contributed by atoms with Crippen LogP contribution in [0.15, 0.2) is 103 Å². The van der Waals surface area contributed by atoms with E-state index in [2.05, 4.69) is 37.2 Å². The summed E-state index contributed by atoms with van der Waals surface area (Å²) in [6, 6.07) is 21.1. The van der Waals surface area contributed by atoms with Crippen LogP contribution in [0.2, 0.25) is 0 Å². The lowest BCUT2D eigenvalue weighted by Gasteiger charge is -2.10. The third-order valence-electron chi connectivity index (χ3n) is 5.86. The van der Waals surface area contributed by atoms with E-state index in [1.807, 2.05) is 55.5 Å². The molecule has 0 radical (unpaired) electrons. The molecule has 0 fully saturated rings. The van der Waals surface area contributed by atoms with Gasteiger partial charge in [0.25, 0.3) is 0 Å². The molecule has 0 bridgehead atoms. The summed E-state index contributed by atoms with van der Waals surface area (Å²) in [4.78, 5) is 11.9. The molecule has 0 spiro atoms. The number of carbonyl (C=O) groups excluding carboxylic acids is 1. The van der Waals surface area contributed by atoms with Crippen molar-refractivity contribution < 1.29 is 9.18 Å². The minimum absolute atomic E-state index is 0.0136. The Bertz CT molecular complexity index is 1200. The van der Waals surface area contributed by atoms with Gasteiger partial charge >= 0.3 is 0 Å². The number of allylic oxidation sites excluding steroid dienone is 2. The first-order valence-electron chi connectivity index (χ1n) is 11.5. The number of aryl methyl sites for hydroxylation is 1. The van der Waals surface area contributed by atoms with Crippen LogP contribution in [0.1, 0.15) is 31.4 Å². The number of nitrogens with one attached hydrogen (secondary N) is 1. The number of ketones is 1. The van der Waals surface area contributed by atoms with Crippen LogP contribution in [-0.2, 0) is 17.6 Å². The minimum Gasteiger partial charge on any atom is -0.385 e. The van der Waals surface area contributed by atoms with E-state index in [9.17, 15) is 9.18 Å². The number of hydrogen-bond acceptors (Lipinski definition) is 2. The highest BCUT2D eigenvalue weighted by Gasteiger charge is 2.09. The molecule has 0 atom stereocenters. The molecule has 0 aromatic heterocycles. The molecule has 0 aliphatic heterocycles. The SMILES string of the molecule is C=C(C)C(=C)NCCCc1ccc(-c2ccc(-c3ccc(CC(=O)C(=C)C)cc3)c(F)c2)cc1. The van der Waals surface area contributed by atoms with Crippen molar-refractivity contribution in [3.8, 4) is 22.3 Å². The number of halogens is 1. The number of benzene rings is 3. The van der Waals surface area contributed by atoms with E-state index in [1.165, 1.54) is 5.56 Å². The van der Waals surface area contributed by atoms with Gasteiger partial charge in [-0.1, -0.05) is 80.4 Å². The van der Waals surface area contributed by atoms with E-state index in [4.69, 9.17) is 0 Å². The van der Waals surface area contributed by atoms with Crippen LogP contribution in [-0.4, -0.2) is 12.3 Å². The van der Waals surface area contributed by atoms with Crippen molar-refractivity contribution in [3.05, 3.63) is 120 Å². The van der Waals surface area contributed by atoms with E-state index in [1.54, 1.807) is 13.0 Å². The molecule has 0 saturated carbocycles. The van der Waals surface area contributed by atoms with Crippen LogP contribution < -0.4 is 5.32 Å². The van der Waals surface area contributed by atoms with Gasteiger partial charge in [0.1, 0.15) is 5.82 Å². The maximum absolute atomic E-state index is 15.0. The Hall–Kier alpha value is -3.72. The molecule has 174 valence electrons. The molecular weight excluding hydrogens is 421 g/mol. The summed E-state index contributed by atoms with van der Waals surface area (Å²) in [7, 11) is 0. The summed E-state index contributed by atoms with van der Waals surface area (Å²) >= 11 is 0. The smallest absolute Gasteiger partial charge is 0.162 e. The highest BCUT2D eigenvalue weighted by atomic mass is 19.1. The van der Waals surface area contributed by atoms with E-state index in [-0.39, 0.29) is 11.6 Å². The fourth-order valence-corrected chi connectivity index (χ4v) is 3.61. The van der Waals surface area contributed by atoms with Crippen LogP contribution in [0.4, 0.5) is 4.39 Å². The molecule has 0 aliphatic rings. The summed E-state index contributed by atoms with van der Waals surface area (Å²) in [5.74, 6) is -0.254. The minimum atomic E-state index is -0.267. The maximum atomic E-state index is 15.0. The van der Waals surface area contributed by atoms with Gasteiger partial charge in [-0.05, 0) is 71.7 Å². The van der Waals surface area contributed by atoms with E-state index >= 15 is 0 Å². The summed E-state index contributed by atoms with van der Waals surface area (Å²) in [5.41, 5.74) is 7.67. The third kappa shape index (κ3) is 6.64. The van der Waals surface area contributed by atoms with Gasteiger partial charge in [0.2, 0.25) is 0 Å². The molecule has 0 aliphatic carbocycles. The predicted molar refractivity (Wildman–Crippen MR) is 141 cm³/mol. The third-order valence-corrected chi connectivity index (χ3v) is 5.86. The Kier molecular flexibility index (Phi) is 8.37. The topological polar surface area (TPSA) is 29.1 Å². The lowest BCUT2D eigenvalue weighted by molar-refractivity contribution is -0.114. The van der Waals surface area contributed by atoms with Crippen LogP contribution in [0.25, 0.3) is 22.3 Å². The molecule has 3 heteroatoms. The second-order valence-electron chi connectivity index (χ2n) is 8.76. The van der Waals surface area contributed by atoms with Gasteiger partial charge in [-0.3, -0.25) is 4.79 Å². The Morgan fingerprint density at radius 2 is 1.38 bits per heavy atom. The molecular formula is C31H32FNO. The average Bonchev–Trinajstić information content (AvgIpc) is 2.82. The largest absolute Gasteiger partial charge is 0.385 e. The summed E-state index contributed by atoms with van der Waals surface area (Å²) in [6.07, 6.45) is 2.26. The number of carbonyl (C=O) groups is 1. The van der Waals surface area contributed by atoms with Gasteiger partial charge in [-0.2, -0.15) is 0 Å². The second-order valence-corrected chi connectivity index (χ2v) is 8.76. The average molecular weight is 454 g/mol. The number of rotatable bonds is 11. The quantitative estimate of drug-likeness (QED) is 0.185. The summed E-state index contributed by atoms with van der Waals surface area (Å²) in [6.45, 7) is 16.0. The van der Waals surface area contributed by atoms with Crippen molar-refractivity contribution in [3.63, 3.8) is 0 Å². The maximum Gasteiger partial charge on any atom is 0.162 e. The van der Waals surface area contributed by atoms with Crippen molar-refractivity contribution in [2.24, 2.45) is 0 Å². The van der Waals surface area contributed by atoms with Gasteiger partial charge < -0.3 is 5.32 Å². The highest BCUT2D eigenvalue weighted by Crippen LogP contribution is 2.28. The zero-order valence-corrected chi connectivity index (χ0v) is 20.1. The van der Waals surface area contributed by atoms with E-state index in [0.29, 0.717) is 17.6 Å². The monoisotopic (exact) mass is 453 g/mol. The first-order valence-corrected chi connectivity index (χ1v) is 11.5. The van der Waals surface area contributed by atoms with E-state index < -0.39 is 0 Å². The summed E-state index contributed by atoms with van der Waals surface area (Å²) in [5, 5.41) is 3.28. The number of hydrogen-bond donors (Lipinski definition) is 1. The molecule has 0 amide bonds. The van der Waals surface area contributed by atoms with Crippen molar-refractivity contribution in [2.75, 3.05) is 6.54 Å². The van der Waals surface area contributed by atoms with Crippen molar-refractivity contribution >= 4 is 5.78 Å². The molecule has 3 aromatic carbocycles. The molecule has 3 aromatic rings. The Labute approximate surface area is 202 Å². The molecule has 0 unspecified atom stereocenters. The van der Waals surface area contributed by atoms with Crippen molar-refractivity contribution in [1.29, 1.82) is 0 Å². The van der Waals surface area contributed by atoms with Gasteiger partial charge in [-0.25, -0.2) is 4.39 Å². The number of Topliss-reactive ketones (excluding diaryl/α,β-unsaturated/α-hetero) is 1. The zero-order valence-electron chi connectivity index (χ0n) is 20.1. The fourth-order valence-electron chi connectivity index (χ4n) is 3.61. The molecule has 2 nitrogen and oxygen atoms in total. The second kappa shape index (κ2) is 11.4. The standard InChI is InChI=1S/C31H32FNO/c1-21(2)23(5)33-18-6-7-24-8-12-26(13-9-24)28-16-17-29(30(32)20-28)27-14-10-25(11-15-27)19-31(34)22(3)4/h8-17,20,33H,1,3,5-7,18-19H2,2,4H3. The Morgan fingerprint density at radius 1 is 0.794 bits per heavy atom. The van der Waals surface area contributed by atoms with Crippen LogP contribution in [0.5, 0.6) is 0 Å². The van der Waals surface area contributed by atoms with Gasteiger partial charge in [0.05, 0.1) is 0 Å². The van der Waals surface area contributed by atoms with Gasteiger partial charge in [0.15, 0.2) is 5.78 Å². The van der Waals surface area contributed by atoms with Crippen LogP contribution in [0.3, 0.4) is 0 Å². The molecule has 34 heavy (non-hydrogen) atoms. The fraction of sp³-hybridized carbons (Fsp3) is 0.194. The molecule has 3 rings (SSSR count). The van der Waals surface area contributed by atoms with Crippen LogP contribution in [0, 0.1) is 5.82 Å². The normalized spacial score (nSPS) is 10.6. The molecule has 0 heterocycles. The first-order chi connectivity index (χ1) is 16.2. The first kappa shape index (κ1) is 24.9. The molecule has 1 N–H and O–H groups in total. The van der Waals surface area contributed by atoms with Crippen molar-refractivity contribution in [2.45, 2.75) is 33.1 Å². The lowest BCUT2D eigenvalue weighted by Crippen LogP contribution is -2.14. The van der Waals surface area contributed by atoms with E-state index in [0.717, 1.165) is 52.9 Å². The highest BCUT2D eigenvalue weighted by molar-refractivity contribution is 5.95. The summed E-state index contributed by atoms with van der Waals surface area (Å²) < 4.78 is 15.0. The van der Waals surface area contributed by atoms with Gasteiger partial charge in [-0.15, -0.1) is 0 Å². The van der Waals surface area contributed by atoms with Gasteiger partial charge in [0, 0.05) is 24.2 Å². The Morgan fingerprint density at radius 3 is 1.97 bits per heavy atom. The predicted octanol–water partition coefficient (Wildman–Crippen LogP) is 7.46. The lowest BCUT2D eigenvalue weighted by atomic mass is 9.97. The molecule has 0 saturated heterocycles. The van der Waals surface area contributed by atoms with Crippen LogP contribution >= 0.6 is 0 Å².